The van der Waals surface area contributed by atoms with E-state index in [-0.39, 0.29) is 0 Å². The Labute approximate surface area is 192 Å². The number of piperazine rings is 1. The maximum atomic E-state index is 5.30. The van der Waals surface area contributed by atoms with Crippen molar-refractivity contribution in [1.29, 1.82) is 0 Å². The van der Waals surface area contributed by atoms with Gasteiger partial charge in [0.15, 0.2) is 0 Å². The molecule has 7 rings (SSSR count). The number of aromatic nitrogens is 3. The van der Waals surface area contributed by atoms with Gasteiger partial charge in [0.2, 0.25) is 0 Å². The Hall–Kier alpha value is -3.57. The summed E-state index contributed by atoms with van der Waals surface area (Å²) < 4.78 is 0. The van der Waals surface area contributed by atoms with Gasteiger partial charge in [-0.05, 0) is 36.8 Å². The number of H-pyrrole nitrogens is 2. The molecule has 2 fully saturated rings. The first-order chi connectivity index (χ1) is 16.2. The number of benzene rings is 2. The van der Waals surface area contributed by atoms with Crippen LogP contribution in [-0.2, 0) is 0 Å². The quantitative estimate of drug-likeness (QED) is 0.346. The van der Waals surface area contributed by atoms with Crippen molar-refractivity contribution in [2.45, 2.75) is 25.3 Å². The minimum absolute atomic E-state index is 0.312. The highest BCUT2D eigenvalue weighted by molar-refractivity contribution is 6.04. The van der Waals surface area contributed by atoms with E-state index in [0.717, 1.165) is 36.7 Å². The van der Waals surface area contributed by atoms with Crippen LogP contribution in [0.2, 0.25) is 0 Å². The first-order valence-electron chi connectivity index (χ1n) is 11.8. The number of hydrogen-bond acceptors (Lipinski definition) is 3. The highest BCUT2D eigenvalue weighted by atomic mass is 15.3. The van der Waals surface area contributed by atoms with Crippen LogP contribution in [0.25, 0.3) is 44.1 Å². The highest BCUT2D eigenvalue weighted by Crippen LogP contribution is 2.41. The van der Waals surface area contributed by atoms with E-state index < -0.39 is 0 Å². The van der Waals surface area contributed by atoms with E-state index >= 15 is 0 Å². The van der Waals surface area contributed by atoms with Crippen LogP contribution in [0.1, 0.15) is 18.4 Å². The molecule has 0 atom stereocenters. The third-order valence-corrected chi connectivity index (χ3v) is 7.49. The molecule has 1 aliphatic carbocycles. The number of anilines is 1. The van der Waals surface area contributed by atoms with Gasteiger partial charge in [0.05, 0.1) is 5.69 Å². The SMILES string of the molecule is Cc1cccc2c(-c3c[nH]cc3-c3nc(N4CCNC5(CC5)C4)cc4ccccc34)c[nH]c12. The lowest BCUT2D eigenvalue weighted by Crippen LogP contribution is -2.52. The van der Waals surface area contributed by atoms with E-state index in [1.54, 1.807) is 0 Å². The zero-order valence-electron chi connectivity index (χ0n) is 18.8. The lowest BCUT2D eigenvalue weighted by atomic mass is 9.98. The van der Waals surface area contributed by atoms with Gasteiger partial charge in [-0.1, -0.05) is 42.5 Å². The summed E-state index contributed by atoms with van der Waals surface area (Å²) in [5.74, 6) is 1.08. The van der Waals surface area contributed by atoms with Crippen molar-refractivity contribution in [2.24, 2.45) is 0 Å². The zero-order chi connectivity index (χ0) is 22.0. The van der Waals surface area contributed by atoms with Crippen molar-refractivity contribution >= 4 is 27.5 Å². The van der Waals surface area contributed by atoms with Crippen LogP contribution in [0, 0.1) is 6.92 Å². The fourth-order valence-corrected chi connectivity index (χ4v) is 5.50. The molecule has 0 radical (unpaired) electrons. The fourth-order valence-electron chi connectivity index (χ4n) is 5.50. The Bertz CT molecular complexity index is 1500. The van der Waals surface area contributed by atoms with Crippen LogP contribution in [0.3, 0.4) is 0 Å². The predicted molar refractivity (Wildman–Crippen MR) is 136 cm³/mol. The third-order valence-electron chi connectivity index (χ3n) is 7.49. The first-order valence-corrected chi connectivity index (χ1v) is 11.8. The van der Waals surface area contributed by atoms with Crippen LogP contribution in [0.15, 0.2) is 67.1 Å². The van der Waals surface area contributed by atoms with Gasteiger partial charge in [0.25, 0.3) is 0 Å². The Morgan fingerprint density at radius 2 is 1.76 bits per heavy atom. The summed E-state index contributed by atoms with van der Waals surface area (Å²) in [6.07, 6.45) is 8.87. The standard InChI is InChI=1S/C28H27N5/c1-18-5-4-8-21-23(16-30-26(18)21)22-14-29-15-24(22)27-20-7-3-2-6-19(20)13-25(32-27)33-12-11-31-28(17-33)9-10-28/h2-8,13-16,29-31H,9-12,17H2,1H3. The van der Waals surface area contributed by atoms with E-state index in [1.165, 1.54) is 51.2 Å². The maximum absolute atomic E-state index is 5.30. The molecule has 5 heteroatoms. The van der Waals surface area contributed by atoms with Gasteiger partial charge in [-0.3, -0.25) is 0 Å². The summed E-state index contributed by atoms with van der Waals surface area (Å²) in [6, 6.07) is 17.4. The smallest absolute Gasteiger partial charge is 0.129 e. The van der Waals surface area contributed by atoms with E-state index in [4.69, 9.17) is 4.98 Å². The number of aryl methyl sites for hydroxylation is 1. The van der Waals surface area contributed by atoms with Crippen LogP contribution >= 0.6 is 0 Å². The average Bonchev–Trinajstić information content (AvgIpc) is 3.24. The van der Waals surface area contributed by atoms with Gasteiger partial charge in [-0.15, -0.1) is 0 Å². The molecule has 3 N–H and O–H groups in total. The first kappa shape index (κ1) is 18.9. The molecule has 164 valence electrons. The molecule has 1 spiro atoms. The van der Waals surface area contributed by atoms with Crippen molar-refractivity contribution in [2.75, 3.05) is 24.5 Å². The Morgan fingerprint density at radius 3 is 2.67 bits per heavy atom. The van der Waals surface area contributed by atoms with E-state index in [0.29, 0.717) is 5.54 Å². The number of para-hydroxylation sites is 1. The largest absolute Gasteiger partial charge is 0.366 e. The number of hydrogen-bond donors (Lipinski definition) is 3. The summed E-state index contributed by atoms with van der Waals surface area (Å²) in [6.45, 7) is 5.21. The van der Waals surface area contributed by atoms with Crippen molar-refractivity contribution in [3.05, 3.63) is 72.7 Å². The van der Waals surface area contributed by atoms with Crippen LogP contribution in [0.4, 0.5) is 5.82 Å². The molecule has 1 aliphatic heterocycles. The Balaban J connectivity index is 1.41. The minimum Gasteiger partial charge on any atom is -0.366 e. The molecule has 0 bridgehead atoms. The maximum Gasteiger partial charge on any atom is 0.129 e. The molecule has 2 aromatic carbocycles. The summed E-state index contributed by atoms with van der Waals surface area (Å²) in [4.78, 5) is 14.6. The normalized spacial score (nSPS) is 17.3. The molecular weight excluding hydrogens is 406 g/mol. The molecular formula is C28H27N5. The number of nitrogens with one attached hydrogen (secondary N) is 3. The summed E-state index contributed by atoms with van der Waals surface area (Å²) in [5.41, 5.74) is 7.35. The van der Waals surface area contributed by atoms with Crippen LogP contribution in [0.5, 0.6) is 0 Å². The molecule has 1 saturated heterocycles. The van der Waals surface area contributed by atoms with Crippen LogP contribution < -0.4 is 10.2 Å². The monoisotopic (exact) mass is 433 g/mol. The minimum atomic E-state index is 0.312. The molecule has 2 aliphatic rings. The van der Waals surface area contributed by atoms with E-state index in [9.17, 15) is 0 Å². The van der Waals surface area contributed by atoms with E-state index in [2.05, 4.69) is 94.2 Å². The molecule has 3 aromatic heterocycles. The molecule has 0 amide bonds. The van der Waals surface area contributed by atoms with Crippen molar-refractivity contribution in [3.8, 4) is 22.4 Å². The van der Waals surface area contributed by atoms with Crippen molar-refractivity contribution in [1.82, 2.24) is 20.3 Å². The molecule has 4 heterocycles. The van der Waals surface area contributed by atoms with Gasteiger partial charge in [0.1, 0.15) is 5.82 Å². The molecule has 1 saturated carbocycles. The van der Waals surface area contributed by atoms with Crippen molar-refractivity contribution < 1.29 is 0 Å². The summed E-state index contributed by atoms with van der Waals surface area (Å²) in [5, 5.41) is 7.39. The third kappa shape index (κ3) is 3.00. The predicted octanol–water partition coefficient (Wildman–Crippen LogP) is 5.63. The molecule has 33 heavy (non-hydrogen) atoms. The number of fused-ring (bicyclic) bond motifs is 2. The second-order valence-corrected chi connectivity index (χ2v) is 9.66. The number of nitrogens with zero attached hydrogens (tertiary/aromatic N) is 2. The average molecular weight is 434 g/mol. The molecule has 0 unspecified atom stereocenters. The number of pyridine rings is 1. The Morgan fingerprint density at radius 1 is 0.909 bits per heavy atom. The van der Waals surface area contributed by atoms with Gasteiger partial charge in [0, 0.05) is 76.7 Å². The topological polar surface area (TPSA) is 59.7 Å². The van der Waals surface area contributed by atoms with E-state index in [1.807, 2.05) is 0 Å². The fraction of sp³-hybridized carbons (Fsp3) is 0.250. The lowest BCUT2D eigenvalue weighted by Gasteiger charge is -2.35. The van der Waals surface area contributed by atoms with Gasteiger partial charge in [-0.25, -0.2) is 4.98 Å². The lowest BCUT2D eigenvalue weighted by molar-refractivity contribution is 0.440. The molecule has 5 aromatic rings. The Kier molecular flexibility index (Phi) is 4.00. The second-order valence-electron chi connectivity index (χ2n) is 9.66. The van der Waals surface area contributed by atoms with Gasteiger partial charge >= 0.3 is 0 Å². The number of rotatable bonds is 3. The second kappa shape index (κ2) is 6.96. The van der Waals surface area contributed by atoms with Gasteiger partial charge < -0.3 is 20.2 Å². The zero-order valence-corrected chi connectivity index (χ0v) is 18.8. The number of aromatic amines is 2. The van der Waals surface area contributed by atoms with Crippen molar-refractivity contribution in [3.63, 3.8) is 0 Å². The van der Waals surface area contributed by atoms with Crippen LogP contribution in [-0.4, -0.2) is 40.1 Å². The molecule has 5 nitrogen and oxygen atoms in total. The summed E-state index contributed by atoms with van der Waals surface area (Å²) in [7, 11) is 0. The van der Waals surface area contributed by atoms with Gasteiger partial charge in [-0.2, -0.15) is 0 Å². The summed E-state index contributed by atoms with van der Waals surface area (Å²) >= 11 is 0. The highest BCUT2D eigenvalue weighted by Gasteiger charge is 2.45.